The van der Waals surface area contributed by atoms with Gasteiger partial charge in [0.05, 0.1) is 23.5 Å². The number of rotatable bonds is 11. The van der Waals surface area contributed by atoms with Gasteiger partial charge >= 0.3 is 0 Å². The molecule has 2 aromatic carbocycles. The Morgan fingerprint density at radius 1 is 0.975 bits per heavy atom. The van der Waals surface area contributed by atoms with Crippen molar-refractivity contribution in [3.63, 3.8) is 0 Å². The van der Waals surface area contributed by atoms with Gasteiger partial charge in [-0.2, -0.15) is 4.98 Å². The zero-order valence-electron chi connectivity index (χ0n) is 21.1. The number of sulfone groups is 1. The van der Waals surface area contributed by atoms with E-state index in [1.54, 1.807) is 18.2 Å². The molecule has 0 aliphatic rings. The van der Waals surface area contributed by atoms with E-state index in [0.717, 1.165) is 10.7 Å². The molecule has 12 nitrogen and oxygen atoms in total. The summed E-state index contributed by atoms with van der Waals surface area (Å²) >= 11 is 3.51. The molecular weight excluding hydrogens is 624 g/mol. The summed E-state index contributed by atoms with van der Waals surface area (Å²) in [4.78, 5) is 26.5. The molecular formula is C25H25BrN6O6S2. The molecule has 210 valence electrons. The van der Waals surface area contributed by atoms with Crippen molar-refractivity contribution in [1.82, 2.24) is 25.0 Å². The van der Waals surface area contributed by atoms with Gasteiger partial charge in [-0.3, -0.25) is 4.79 Å². The summed E-state index contributed by atoms with van der Waals surface area (Å²) in [6.07, 6.45) is 2.56. The molecule has 0 radical (unpaired) electrons. The maximum atomic E-state index is 13.2. The van der Waals surface area contributed by atoms with Crippen molar-refractivity contribution in [3.05, 3.63) is 71.0 Å². The molecule has 0 fully saturated rings. The maximum Gasteiger partial charge on any atom is 0.270 e. The smallest absolute Gasteiger partial charge is 0.270 e. The highest BCUT2D eigenvalue weighted by molar-refractivity contribution is 9.10. The molecule has 0 saturated carbocycles. The lowest BCUT2D eigenvalue weighted by molar-refractivity contribution is 0.0950. The lowest BCUT2D eigenvalue weighted by Gasteiger charge is -2.13. The summed E-state index contributed by atoms with van der Waals surface area (Å²) in [6, 6.07) is 15.1. The number of aromatic nitrogens is 3. The minimum Gasteiger partial charge on any atom is -0.395 e. The number of hydrogen-bond donors (Lipinski definition) is 4. The van der Waals surface area contributed by atoms with Crippen LogP contribution in [-0.4, -0.2) is 74.5 Å². The van der Waals surface area contributed by atoms with Crippen LogP contribution in [0, 0.1) is 0 Å². The number of carbonyl (C=O) groups is 1. The van der Waals surface area contributed by atoms with E-state index in [4.69, 9.17) is 5.11 Å². The molecule has 4 aromatic rings. The lowest BCUT2D eigenvalue weighted by Crippen LogP contribution is -2.34. The van der Waals surface area contributed by atoms with Crippen molar-refractivity contribution in [2.45, 2.75) is 4.90 Å². The Morgan fingerprint density at radius 3 is 2.48 bits per heavy atom. The maximum absolute atomic E-state index is 13.2. The van der Waals surface area contributed by atoms with E-state index < -0.39 is 38.1 Å². The largest absolute Gasteiger partial charge is 0.395 e. The predicted molar refractivity (Wildman–Crippen MR) is 155 cm³/mol. The van der Waals surface area contributed by atoms with Gasteiger partial charge in [-0.1, -0.05) is 40.2 Å². The Bertz CT molecular complexity index is 1780. The summed E-state index contributed by atoms with van der Waals surface area (Å²) in [6.45, 7) is -0.454. The number of halogens is 1. The summed E-state index contributed by atoms with van der Waals surface area (Å²) in [5.74, 6) is -0.811. The van der Waals surface area contributed by atoms with E-state index >= 15 is 0 Å². The van der Waals surface area contributed by atoms with Crippen LogP contribution < -0.4 is 15.4 Å². The number of benzene rings is 2. The molecule has 0 unspecified atom stereocenters. The molecule has 15 heteroatoms. The minimum absolute atomic E-state index is 0.00580. The number of nitrogens with zero attached hydrogens (tertiary/aromatic N) is 3. The topological polar surface area (TPSA) is 180 Å². The average Bonchev–Trinajstić information content (AvgIpc) is 2.90. The van der Waals surface area contributed by atoms with Crippen LogP contribution in [0.25, 0.3) is 22.2 Å². The van der Waals surface area contributed by atoms with E-state index in [9.17, 15) is 21.6 Å². The first-order valence-electron chi connectivity index (χ1n) is 11.8. The number of aliphatic hydroxyl groups is 1. The standard InChI is InChI=1S/C25H25BrN6O6S2/c1-39(35,36)29-10-9-27-24(34)22-20(19-7-2-3-8-21(19)26)13-16-15-28-25(32-23(16)31-22)30-17-5-4-6-18(14-17)40(37,38)12-11-33/h2-8,13-15,29,33H,9-12H2,1H3,(H,27,34)(H,28,30,31,32). The van der Waals surface area contributed by atoms with E-state index in [0.29, 0.717) is 22.2 Å². The van der Waals surface area contributed by atoms with Crippen molar-refractivity contribution in [2.75, 3.05) is 37.0 Å². The van der Waals surface area contributed by atoms with Gasteiger partial charge in [0.15, 0.2) is 15.5 Å². The first kappa shape index (κ1) is 29.5. The average molecular weight is 650 g/mol. The normalized spacial score (nSPS) is 11.9. The third-order valence-electron chi connectivity index (χ3n) is 5.53. The van der Waals surface area contributed by atoms with Crippen molar-refractivity contribution in [1.29, 1.82) is 0 Å². The highest BCUT2D eigenvalue weighted by Gasteiger charge is 2.19. The van der Waals surface area contributed by atoms with E-state index in [1.165, 1.54) is 18.3 Å². The molecule has 40 heavy (non-hydrogen) atoms. The Labute approximate surface area is 239 Å². The monoisotopic (exact) mass is 648 g/mol. The number of anilines is 2. The van der Waals surface area contributed by atoms with Crippen molar-refractivity contribution in [2.24, 2.45) is 0 Å². The van der Waals surface area contributed by atoms with Crippen LogP contribution in [0.2, 0.25) is 0 Å². The third kappa shape index (κ3) is 7.37. The Balaban J connectivity index is 1.69. The van der Waals surface area contributed by atoms with Crippen molar-refractivity contribution < 1.29 is 26.7 Å². The molecule has 0 aliphatic heterocycles. The van der Waals surface area contributed by atoms with Crippen molar-refractivity contribution >= 4 is 64.4 Å². The predicted octanol–water partition coefficient (Wildman–Crippen LogP) is 2.24. The van der Waals surface area contributed by atoms with Crippen molar-refractivity contribution in [3.8, 4) is 11.1 Å². The molecule has 4 rings (SSSR count). The van der Waals surface area contributed by atoms with Gasteiger partial charge in [-0.25, -0.2) is 31.5 Å². The highest BCUT2D eigenvalue weighted by atomic mass is 79.9. The summed E-state index contributed by atoms with van der Waals surface area (Å²) in [5, 5.41) is 15.2. The molecule has 2 heterocycles. The fourth-order valence-electron chi connectivity index (χ4n) is 3.71. The van der Waals surface area contributed by atoms with E-state index in [2.05, 4.69) is 46.2 Å². The fraction of sp³-hybridized carbons (Fsp3) is 0.200. The number of nitrogens with one attached hydrogen (secondary N) is 3. The van der Waals surface area contributed by atoms with Gasteiger partial charge in [0, 0.05) is 40.4 Å². The van der Waals surface area contributed by atoms with Crippen LogP contribution in [0.1, 0.15) is 10.5 Å². The first-order valence-corrected chi connectivity index (χ1v) is 16.2. The van der Waals surface area contributed by atoms with Gasteiger partial charge in [0.25, 0.3) is 5.91 Å². The van der Waals surface area contributed by atoms with Crippen LogP contribution in [-0.2, 0) is 19.9 Å². The van der Waals surface area contributed by atoms with Gasteiger partial charge < -0.3 is 15.7 Å². The van der Waals surface area contributed by atoms with Crippen LogP contribution in [0.3, 0.4) is 0 Å². The van der Waals surface area contributed by atoms with Gasteiger partial charge in [-0.15, -0.1) is 0 Å². The number of aliphatic hydroxyl groups excluding tert-OH is 1. The molecule has 0 atom stereocenters. The van der Waals surface area contributed by atoms with E-state index in [-0.39, 0.29) is 35.3 Å². The molecule has 0 aliphatic carbocycles. The number of pyridine rings is 1. The highest BCUT2D eigenvalue weighted by Crippen LogP contribution is 2.32. The summed E-state index contributed by atoms with van der Waals surface area (Å²) < 4.78 is 50.4. The van der Waals surface area contributed by atoms with Crippen LogP contribution in [0.15, 0.2) is 70.2 Å². The second-order valence-electron chi connectivity index (χ2n) is 8.59. The Kier molecular flexibility index (Phi) is 9.10. The zero-order valence-corrected chi connectivity index (χ0v) is 24.3. The molecule has 1 amide bonds. The minimum atomic E-state index is -3.66. The number of amides is 1. The van der Waals surface area contributed by atoms with Gasteiger partial charge in [-0.05, 0) is 35.9 Å². The second-order valence-corrected chi connectivity index (χ2v) is 13.4. The third-order valence-corrected chi connectivity index (χ3v) is 8.64. The molecule has 4 N–H and O–H groups in total. The number of carbonyl (C=O) groups excluding carboxylic acids is 1. The molecule has 0 bridgehead atoms. The molecule has 0 saturated heterocycles. The van der Waals surface area contributed by atoms with Crippen LogP contribution in [0.4, 0.5) is 11.6 Å². The molecule has 2 aromatic heterocycles. The number of fused-ring (bicyclic) bond motifs is 1. The zero-order chi connectivity index (χ0) is 28.9. The van der Waals surface area contributed by atoms with Gasteiger partial charge in [0.2, 0.25) is 16.0 Å². The summed E-state index contributed by atoms with van der Waals surface area (Å²) in [7, 11) is -7.07. The quantitative estimate of drug-likeness (QED) is 0.176. The lowest BCUT2D eigenvalue weighted by atomic mass is 10.0. The number of hydrogen-bond acceptors (Lipinski definition) is 10. The van der Waals surface area contributed by atoms with Crippen LogP contribution >= 0.6 is 15.9 Å². The SMILES string of the molecule is CS(=O)(=O)NCCNC(=O)c1nc2nc(Nc3cccc(S(=O)(=O)CCO)c3)ncc2cc1-c1ccccc1Br. The van der Waals surface area contributed by atoms with Gasteiger partial charge in [0.1, 0.15) is 5.69 Å². The summed E-state index contributed by atoms with van der Waals surface area (Å²) in [5.41, 5.74) is 1.90. The molecule has 0 spiro atoms. The Hall–Kier alpha value is -3.50. The second kappa shape index (κ2) is 12.3. The fourth-order valence-corrected chi connectivity index (χ4v) is 5.75. The van der Waals surface area contributed by atoms with E-state index in [1.807, 2.05) is 24.3 Å². The van der Waals surface area contributed by atoms with Crippen LogP contribution in [0.5, 0.6) is 0 Å². The Morgan fingerprint density at radius 2 is 1.75 bits per heavy atom. The number of sulfonamides is 1. The first-order chi connectivity index (χ1) is 19.0.